The van der Waals surface area contributed by atoms with Crippen LogP contribution in [-0.2, 0) is 0 Å². The highest BCUT2D eigenvalue weighted by atomic mass is 16.5. The Morgan fingerprint density at radius 1 is 0.275 bits per heavy atom. The van der Waals surface area contributed by atoms with Crippen molar-refractivity contribution in [3.05, 3.63) is 243 Å². The maximum Gasteiger partial charge on any atom is 0.143 e. The monoisotopic (exact) mass is 884 g/mol. The van der Waals surface area contributed by atoms with Gasteiger partial charge in [0.15, 0.2) is 0 Å². The van der Waals surface area contributed by atoms with Crippen LogP contribution in [0.5, 0.6) is 11.5 Å². The van der Waals surface area contributed by atoms with Gasteiger partial charge in [-0.05, 0) is 107 Å². The minimum atomic E-state index is 0.813. The first-order valence-electron chi connectivity index (χ1n) is 23.3. The van der Waals surface area contributed by atoms with Gasteiger partial charge >= 0.3 is 0 Å². The molecule has 0 fully saturated rings. The van der Waals surface area contributed by atoms with E-state index in [1.165, 1.54) is 0 Å². The Labute approximate surface area is 397 Å². The van der Waals surface area contributed by atoms with E-state index in [4.69, 9.17) is 13.6 Å². The van der Waals surface area contributed by atoms with Crippen LogP contribution in [0.15, 0.2) is 251 Å². The number of anilines is 6. The molecule has 69 heavy (non-hydrogen) atoms. The van der Waals surface area contributed by atoms with Gasteiger partial charge in [-0.1, -0.05) is 152 Å². The van der Waals surface area contributed by atoms with Crippen LogP contribution in [0.4, 0.5) is 34.1 Å². The predicted molar refractivity (Wildman–Crippen MR) is 284 cm³/mol. The molecular formula is C64H40N2O3. The molecule has 0 spiro atoms. The number of para-hydroxylation sites is 6. The number of rotatable bonds is 8. The summed E-state index contributed by atoms with van der Waals surface area (Å²) in [6.45, 7) is 0. The molecule has 0 aliphatic carbocycles. The van der Waals surface area contributed by atoms with Crippen LogP contribution in [-0.4, -0.2) is 0 Å². The van der Waals surface area contributed by atoms with Crippen LogP contribution in [0.1, 0.15) is 0 Å². The molecule has 0 atom stereocenters. The lowest BCUT2D eigenvalue weighted by atomic mass is 9.93. The molecule has 1 aliphatic heterocycles. The van der Waals surface area contributed by atoms with Gasteiger partial charge in [-0.2, -0.15) is 0 Å². The zero-order chi connectivity index (χ0) is 45.4. The molecule has 0 unspecified atom stereocenters. The summed E-state index contributed by atoms with van der Waals surface area (Å²) >= 11 is 0. The molecule has 1 aliphatic rings. The Bertz CT molecular complexity index is 4100. The van der Waals surface area contributed by atoms with Crippen molar-refractivity contribution in [1.82, 2.24) is 0 Å². The third kappa shape index (κ3) is 6.40. The topological polar surface area (TPSA) is 42.0 Å². The van der Waals surface area contributed by atoms with Crippen molar-refractivity contribution in [3.63, 3.8) is 0 Å². The van der Waals surface area contributed by atoms with Crippen LogP contribution in [0, 0.1) is 0 Å². The van der Waals surface area contributed by atoms with Gasteiger partial charge in [-0.25, -0.2) is 0 Å². The van der Waals surface area contributed by atoms with Crippen molar-refractivity contribution in [3.8, 4) is 44.9 Å². The molecule has 3 heterocycles. The summed E-state index contributed by atoms with van der Waals surface area (Å²) in [6, 6.07) is 85.5. The maximum atomic E-state index is 6.96. The van der Waals surface area contributed by atoms with Gasteiger partial charge in [0, 0.05) is 78.1 Å². The van der Waals surface area contributed by atoms with Crippen molar-refractivity contribution in [2.75, 3.05) is 9.80 Å². The van der Waals surface area contributed by atoms with Crippen molar-refractivity contribution >= 4 is 88.8 Å². The minimum Gasteiger partial charge on any atom is -0.456 e. The van der Waals surface area contributed by atoms with E-state index in [1.807, 2.05) is 24.3 Å². The molecule has 324 valence electrons. The molecule has 0 saturated heterocycles. The first-order valence-corrected chi connectivity index (χ1v) is 23.3. The second-order valence-electron chi connectivity index (χ2n) is 17.6. The van der Waals surface area contributed by atoms with E-state index in [1.54, 1.807) is 0 Å². The molecule has 5 heteroatoms. The smallest absolute Gasteiger partial charge is 0.143 e. The second-order valence-corrected chi connectivity index (χ2v) is 17.6. The Hall–Kier alpha value is -9.32. The fourth-order valence-corrected chi connectivity index (χ4v) is 10.5. The standard InChI is InChI=1S/C64H40N2O3/c1-3-15-44(16-4-1)65(46-32-28-41(29-33-46)50-21-12-24-55-52-19-7-9-26-58(52)68-63(50)55)48-36-37-60-57(39-48)54-23-11-14-43-38-49(40-61(67-60)62(43)54)66(45-17-5-2-6-18-45)47-34-30-42(31-35-47)51-22-13-25-56-53-20-8-10-27-59(53)69-64(51)56/h1-40H. The first-order chi connectivity index (χ1) is 34.2. The fraction of sp³-hybridized carbons (Fsp3) is 0. The highest BCUT2D eigenvalue weighted by Crippen LogP contribution is 2.51. The van der Waals surface area contributed by atoms with Crippen molar-refractivity contribution in [2.24, 2.45) is 0 Å². The van der Waals surface area contributed by atoms with E-state index < -0.39 is 0 Å². The molecule has 14 rings (SSSR count). The molecular weight excluding hydrogens is 845 g/mol. The summed E-state index contributed by atoms with van der Waals surface area (Å²) in [7, 11) is 0. The van der Waals surface area contributed by atoms with Gasteiger partial charge in [-0.15, -0.1) is 0 Å². The predicted octanol–water partition coefficient (Wildman–Crippen LogP) is 18.7. The molecule has 2 aromatic heterocycles. The molecule has 0 bridgehead atoms. The Balaban J connectivity index is 0.835. The SMILES string of the molecule is c1ccc(N(c2ccc(-c3cccc4c3oc3ccccc34)cc2)c2ccc3c(c2)-c2cccc4cc(N(c5ccccc5)c5ccc(-c6cccc7c6oc6ccccc67)cc5)cc(c24)O3)cc1. The van der Waals surface area contributed by atoms with E-state index in [2.05, 4.69) is 228 Å². The lowest BCUT2D eigenvalue weighted by molar-refractivity contribution is 0.487. The normalized spacial score (nSPS) is 11.9. The Morgan fingerprint density at radius 3 is 1.32 bits per heavy atom. The number of hydrogen-bond acceptors (Lipinski definition) is 5. The minimum absolute atomic E-state index is 0.813. The first kappa shape index (κ1) is 38.9. The van der Waals surface area contributed by atoms with Crippen molar-refractivity contribution in [2.45, 2.75) is 0 Å². The van der Waals surface area contributed by atoms with E-state index >= 15 is 0 Å². The summed E-state index contributed by atoms with van der Waals surface area (Å²) in [5, 5.41) is 6.68. The average Bonchev–Trinajstić information content (AvgIpc) is 3.99. The number of nitrogens with zero attached hydrogens (tertiary/aromatic N) is 2. The second kappa shape index (κ2) is 15.7. The summed E-state index contributed by atoms with van der Waals surface area (Å²) < 4.78 is 19.8. The quantitative estimate of drug-likeness (QED) is 0.152. The van der Waals surface area contributed by atoms with Crippen LogP contribution in [0.2, 0.25) is 0 Å². The third-order valence-corrected chi connectivity index (χ3v) is 13.6. The van der Waals surface area contributed by atoms with Crippen LogP contribution in [0.25, 0.3) is 88.0 Å². The number of furan rings is 2. The van der Waals surface area contributed by atoms with E-state index in [0.717, 1.165) is 134 Å². The number of benzene rings is 11. The summed E-state index contributed by atoms with van der Waals surface area (Å²) in [6.07, 6.45) is 0. The lowest BCUT2D eigenvalue weighted by Crippen LogP contribution is -2.11. The molecule has 0 saturated carbocycles. The molecule has 0 amide bonds. The number of ether oxygens (including phenoxy) is 1. The van der Waals surface area contributed by atoms with Crippen LogP contribution < -0.4 is 14.5 Å². The summed E-state index contributed by atoms with van der Waals surface area (Å²) in [5.74, 6) is 1.64. The molecule has 13 aromatic rings. The number of fused-ring (bicyclic) bond motifs is 8. The van der Waals surface area contributed by atoms with Gasteiger partial charge in [0.25, 0.3) is 0 Å². The van der Waals surface area contributed by atoms with Gasteiger partial charge in [0.05, 0.1) is 5.69 Å². The van der Waals surface area contributed by atoms with Crippen LogP contribution >= 0.6 is 0 Å². The Morgan fingerprint density at radius 2 is 0.739 bits per heavy atom. The van der Waals surface area contributed by atoms with Crippen LogP contribution in [0.3, 0.4) is 0 Å². The molecule has 11 aromatic carbocycles. The lowest BCUT2D eigenvalue weighted by Gasteiger charge is -2.30. The fourth-order valence-electron chi connectivity index (χ4n) is 10.5. The zero-order valence-corrected chi connectivity index (χ0v) is 37.2. The van der Waals surface area contributed by atoms with Gasteiger partial charge in [0.2, 0.25) is 0 Å². The maximum absolute atomic E-state index is 6.96. The molecule has 0 N–H and O–H groups in total. The largest absolute Gasteiger partial charge is 0.456 e. The highest BCUT2D eigenvalue weighted by molar-refractivity contribution is 6.11. The van der Waals surface area contributed by atoms with Gasteiger partial charge < -0.3 is 23.4 Å². The molecule has 0 radical (unpaired) electrons. The van der Waals surface area contributed by atoms with E-state index in [-0.39, 0.29) is 0 Å². The summed E-state index contributed by atoms with van der Waals surface area (Å²) in [5.41, 5.74) is 16.3. The highest BCUT2D eigenvalue weighted by Gasteiger charge is 2.25. The Kier molecular flexibility index (Phi) is 8.83. The average molecular weight is 885 g/mol. The van der Waals surface area contributed by atoms with E-state index in [9.17, 15) is 0 Å². The third-order valence-electron chi connectivity index (χ3n) is 13.6. The van der Waals surface area contributed by atoms with Crippen molar-refractivity contribution < 1.29 is 13.6 Å². The zero-order valence-electron chi connectivity index (χ0n) is 37.2. The van der Waals surface area contributed by atoms with E-state index in [0.29, 0.717) is 0 Å². The summed E-state index contributed by atoms with van der Waals surface area (Å²) in [4.78, 5) is 4.61. The van der Waals surface area contributed by atoms with Crippen molar-refractivity contribution in [1.29, 1.82) is 0 Å². The van der Waals surface area contributed by atoms with Gasteiger partial charge in [-0.3, -0.25) is 0 Å². The van der Waals surface area contributed by atoms with Gasteiger partial charge in [0.1, 0.15) is 33.8 Å². The molecule has 5 nitrogen and oxygen atoms in total. The number of hydrogen-bond donors (Lipinski definition) is 0.